The summed E-state index contributed by atoms with van der Waals surface area (Å²) in [5.74, 6) is 1.64. The Labute approximate surface area is 128 Å². The molecule has 0 aromatic heterocycles. The van der Waals surface area contributed by atoms with E-state index in [-0.39, 0.29) is 0 Å². The van der Waals surface area contributed by atoms with Gasteiger partial charge in [-0.25, -0.2) is 0 Å². The average molecular weight is 288 g/mol. The van der Waals surface area contributed by atoms with Gasteiger partial charge in [0.15, 0.2) is 0 Å². The lowest BCUT2D eigenvalue weighted by Crippen LogP contribution is -2.44. The molecule has 3 heteroatoms. The fourth-order valence-corrected chi connectivity index (χ4v) is 4.34. The fourth-order valence-electron chi connectivity index (χ4n) is 4.34. The van der Waals surface area contributed by atoms with Crippen LogP contribution in [-0.4, -0.2) is 31.6 Å². The van der Waals surface area contributed by atoms with Gasteiger partial charge in [-0.1, -0.05) is 18.9 Å². The number of fused-ring (bicyclic) bond motifs is 1. The van der Waals surface area contributed by atoms with Gasteiger partial charge in [0.25, 0.3) is 0 Å². The molecule has 0 heterocycles. The van der Waals surface area contributed by atoms with E-state index in [1.54, 1.807) is 7.11 Å². The second-order valence-electron chi connectivity index (χ2n) is 6.63. The Morgan fingerprint density at radius 1 is 1.24 bits per heavy atom. The van der Waals surface area contributed by atoms with E-state index in [0.29, 0.717) is 18.0 Å². The third kappa shape index (κ3) is 2.82. The molecule has 0 radical (unpaired) electrons. The monoisotopic (exact) mass is 288 g/mol. The topological polar surface area (TPSA) is 38.5 Å². The van der Waals surface area contributed by atoms with Crippen LogP contribution in [0.25, 0.3) is 0 Å². The number of methoxy groups -OCH3 is 1. The highest BCUT2D eigenvalue weighted by atomic mass is 16.5. The van der Waals surface area contributed by atoms with E-state index in [9.17, 15) is 0 Å². The molecule has 3 nitrogen and oxygen atoms in total. The second kappa shape index (κ2) is 6.37. The maximum atomic E-state index is 6.02. The number of hydrogen-bond donors (Lipinski definition) is 1. The molecule has 3 atom stereocenters. The molecular weight excluding hydrogens is 260 g/mol. The summed E-state index contributed by atoms with van der Waals surface area (Å²) < 4.78 is 5.42. The van der Waals surface area contributed by atoms with Gasteiger partial charge in [-0.15, -0.1) is 0 Å². The lowest BCUT2D eigenvalue weighted by molar-refractivity contribution is 0.0919. The molecule has 0 bridgehead atoms. The number of ether oxygens (including phenoxy) is 1. The maximum absolute atomic E-state index is 6.02. The highest BCUT2D eigenvalue weighted by molar-refractivity contribution is 5.40. The Morgan fingerprint density at radius 3 is 2.81 bits per heavy atom. The Bertz CT molecular complexity index is 488. The smallest absolute Gasteiger partial charge is 0.119 e. The third-order valence-corrected chi connectivity index (χ3v) is 5.59. The summed E-state index contributed by atoms with van der Waals surface area (Å²) in [7, 11) is 4.05. The largest absolute Gasteiger partial charge is 0.497 e. The molecular formula is C18H28N2O. The van der Waals surface area contributed by atoms with E-state index in [4.69, 9.17) is 10.5 Å². The number of nitrogens with zero attached hydrogens (tertiary/aromatic N) is 1. The molecule has 3 unspecified atom stereocenters. The Hall–Kier alpha value is -1.06. The minimum absolute atomic E-state index is 0.534. The highest BCUT2D eigenvalue weighted by Crippen LogP contribution is 2.40. The number of benzene rings is 1. The van der Waals surface area contributed by atoms with Gasteiger partial charge in [0.05, 0.1) is 7.11 Å². The van der Waals surface area contributed by atoms with Gasteiger partial charge in [0.1, 0.15) is 5.75 Å². The van der Waals surface area contributed by atoms with Crippen molar-refractivity contribution >= 4 is 0 Å². The van der Waals surface area contributed by atoms with E-state index in [0.717, 1.165) is 12.3 Å². The molecule has 0 saturated heterocycles. The summed E-state index contributed by atoms with van der Waals surface area (Å²) in [6, 6.07) is 7.75. The van der Waals surface area contributed by atoms with E-state index in [1.165, 1.54) is 49.7 Å². The molecule has 1 aromatic carbocycles. The van der Waals surface area contributed by atoms with Crippen LogP contribution in [0.5, 0.6) is 5.75 Å². The minimum Gasteiger partial charge on any atom is -0.497 e. The van der Waals surface area contributed by atoms with Crippen LogP contribution in [0, 0.1) is 5.92 Å². The maximum Gasteiger partial charge on any atom is 0.119 e. The van der Waals surface area contributed by atoms with E-state index in [1.807, 2.05) is 0 Å². The van der Waals surface area contributed by atoms with E-state index in [2.05, 4.69) is 30.1 Å². The molecule has 1 fully saturated rings. The molecule has 3 rings (SSSR count). The summed E-state index contributed by atoms with van der Waals surface area (Å²) in [6.07, 6.45) is 7.71. The molecule has 0 amide bonds. The van der Waals surface area contributed by atoms with Gasteiger partial charge in [-0.05, 0) is 68.5 Å². The van der Waals surface area contributed by atoms with E-state index < -0.39 is 0 Å². The molecule has 2 N–H and O–H groups in total. The van der Waals surface area contributed by atoms with Gasteiger partial charge in [0.2, 0.25) is 0 Å². The molecule has 1 saturated carbocycles. The average Bonchev–Trinajstić information content (AvgIpc) is 2.97. The van der Waals surface area contributed by atoms with Crippen molar-refractivity contribution in [2.45, 2.75) is 50.6 Å². The lowest BCUT2D eigenvalue weighted by Gasteiger charge is -2.41. The van der Waals surface area contributed by atoms with Crippen LogP contribution in [0.4, 0.5) is 0 Å². The quantitative estimate of drug-likeness (QED) is 0.925. The Balaban J connectivity index is 1.82. The van der Waals surface area contributed by atoms with Gasteiger partial charge >= 0.3 is 0 Å². The van der Waals surface area contributed by atoms with Crippen molar-refractivity contribution in [3.8, 4) is 5.75 Å². The molecule has 1 aromatic rings. The minimum atomic E-state index is 0.534. The highest BCUT2D eigenvalue weighted by Gasteiger charge is 2.34. The lowest BCUT2D eigenvalue weighted by atomic mass is 9.83. The first-order chi connectivity index (χ1) is 10.2. The summed E-state index contributed by atoms with van der Waals surface area (Å²) in [6.45, 7) is 0.826. The summed E-state index contributed by atoms with van der Waals surface area (Å²) in [5, 5.41) is 0. The summed E-state index contributed by atoms with van der Waals surface area (Å²) in [4.78, 5) is 2.61. The Kier molecular flexibility index (Phi) is 4.51. The van der Waals surface area contributed by atoms with Crippen molar-refractivity contribution in [2.75, 3.05) is 20.7 Å². The van der Waals surface area contributed by atoms with Crippen molar-refractivity contribution in [3.05, 3.63) is 29.3 Å². The van der Waals surface area contributed by atoms with Gasteiger partial charge in [0, 0.05) is 12.1 Å². The molecule has 2 aliphatic rings. The predicted molar refractivity (Wildman–Crippen MR) is 86.6 cm³/mol. The van der Waals surface area contributed by atoms with Crippen molar-refractivity contribution in [2.24, 2.45) is 11.7 Å². The first kappa shape index (κ1) is 14.9. The Morgan fingerprint density at radius 2 is 2.05 bits per heavy atom. The van der Waals surface area contributed by atoms with Crippen molar-refractivity contribution < 1.29 is 4.74 Å². The molecule has 0 aliphatic heterocycles. The molecule has 21 heavy (non-hydrogen) atoms. The van der Waals surface area contributed by atoms with Crippen molar-refractivity contribution in [1.29, 1.82) is 0 Å². The SMILES string of the molecule is COc1ccc2c(c1)C(N(C)C1CCCCC1CN)CC2. The summed E-state index contributed by atoms with van der Waals surface area (Å²) >= 11 is 0. The molecule has 116 valence electrons. The van der Waals surface area contributed by atoms with E-state index >= 15 is 0 Å². The normalized spacial score (nSPS) is 28.7. The van der Waals surface area contributed by atoms with Crippen LogP contribution < -0.4 is 10.5 Å². The van der Waals surface area contributed by atoms with Crippen LogP contribution in [-0.2, 0) is 6.42 Å². The summed E-state index contributed by atoms with van der Waals surface area (Å²) in [5.41, 5.74) is 8.99. The zero-order valence-electron chi connectivity index (χ0n) is 13.3. The van der Waals surface area contributed by atoms with Crippen LogP contribution in [0.1, 0.15) is 49.3 Å². The van der Waals surface area contributed by atoms with Crippen molar-refractivity contribution in [3.63, 3.8) is 0 Å². The zero-order chi connectivity index (χ0) is 14.8. The van der Waals surface area contributed by atoms with Crippen molar-refractivity contribution in [1.82, 2.24) is 4.90 Å². The van der Waals surface area contributed by atoms with Crippen LogP contribution in [0.3, 0.4) is 0 Å². The predicted octanol–water partition coefficient (Wildman–Crippen LogP) is 3.13. The molecule has 0 spiro atoms. The van der Waals surface area contributed by atoms with Crippen LogP contribution in [0.15, 0.2) is 18.2 Å². The first-order valence-corrected chi connectivity index (χ1v) is 8.33. The van der Waals surface area contributed by atoms with Gasteiger partial charge in [-0.2, -0.15) is 0 Å². The first-order valence-electron chi connectivity index (χ1n) is 8.33. The third-order valence-electron chi connectivity index (χ3n) is 5.59. The van der Waals surface area contributed by atoms with Gasteiger partial charge in [-0.3, -0.25) is 4.90 Å². The second-order valence-corrected chi connectivity index (χ2v) is 6.63. The number of nitrogens with two attached hydrogens (primary N) is 1. The zero-order valence-corrected chi connectivity index (χ0v) is 13.3. The molecule has 2 aliphatic carbocycles. The van der Waals surface area contributed by atoms with Crippen LogP contribution in [0.2, 0.25) is 0 Å². The van der Waals surface area contributed by atoms with Gasteiger partial charge < -0.3 is 10.5 Å². The fraction of sp³-hybridized carbons (Fsp3) is 0.667. The van der Waals surface area contributed by atoms with Crippen LogP contribution >= 0.6 is 0 Å². The number of hydrogen-bond acceptors (Lipinski definition) is 3. The number of rotatable bonds is 4. The number of aryl methyl sites for hydroxylation is 1. The standard InChI is InChI=1S/C18H28N2O/c1-20(17-6-4-3-5-14(17)12-19)18-10-8-13-7-9-15(21-2)11-16(13)18/h7,9,11,14,17-18H,3-6,8,10,12,19H2,1-2H3.